The van der Waals surface area contributed by atoms with Crippen LogP contribution in [-0.2, 0) is 11.2 Å². The van der Waals surface area contributed by atoms with Gasteiger partial charge >= 0.3 is 0 Å². The second kappa shape index (κ2) is 11.0. The molecule has 0 bridgehead atoms. The molecule has 1 saturated heterocycles. The number of hydrogen-bond acceptors (Lipinski definition) is 4. The second-order valence-electron chi connectivity index (χ2n) is 8.32. The molecule has 0 aliphatic carbocycles. The summed E-state index contributed by atoms with van der Waals surface area (Å²) in [5.74, 6) is 1.78. The quantitative estimate of drug-likeness (QED) is 0.615. The highest BCUT2D eigenvalue weighted by atomic mass is 16.5. The van der Waals surface area contributed by atoms with Crippen molar-refractivity contribution in [2.75, 3.05) is 13.2 Å². The van der Waals surface area contributed by atoms with Gasteiger partial charge in [0.1, 0.15) is 24.2 Å². The molecule has 2 aromatic rings. The lowest BCUT2D eigenvalue weighted by Gasteiger charge is -2.27. The van der Waals surface area contributed by atoms with Gasteiger partial charge in [0.25, 0.3) is 0 Å². The Bertz CT molecular complexity index is 866. The number of nitrogens with zero attached hydrogens (tertiary/aromatic N) is 1. The van der Waals surface area contributed by atoms with Gasteiger partial charge in [-0.25, -0.2) is 0 Å². The summed E-state index contributed by atoms with van der Waals surface area (Å²) in [5.41, 5.74) is 7.37. The molecular weight excluding hydrogens is 388 g/mol. The first kappa shape index (κ1) is 22.9. The third kappa shape index (κ3) is 6.11. The normalized spacial score (nSPS) is 19.7. The zero-order chi connectivity index (χ0) is 22.2. The van der Waals surface area contributed by atoms with Gasteiger partial charge in [-0.3, -0.25) is 4.79 Å². The van der Waals surface area contributed by atoms with Crippen molar-refractivity contribution in [3.05, 3.63) is 72.3 Å². The first-order valence-corrected chi connectivity index (χ1v) is 11.1. The molecule has 1 aliphatic rings. The number of aryl methyl sites for hydroxylation is 1. The van der Waals surface area contributed by atoms with E-state index < -0.39 is 6.04 Å². The minimum atomic E-state index is -0.515. The fourth-order valence-electron chi connectivity index (χ4n) is 3.80. The molecule has 5 nitrogen and oxygen atoms in total. The Morgan fingerprint density at radius 1 is 1.16 bits per heavy atom. The standard InChI is InChI=1S/C26H34N2O3/c1-4-20-11-8-9-15-24(20)30-16-10-12-21-17-23(31-22-13-6-5-7-14-22)18-28(21)26(29)25(27)19(2)3/h5-15,19,21,23,25H,4,16-18,27H2,1-3H3/t21-,23+,25+/m1/s1. The molecule has 3 rings (SSSR count). The fourth-order valence-corrected chi connectivity index (χ4v) is 3.80. The van der Waals surface area contributed by atoms with E-state index in [0.717, 1.165) is 24.3 Å². The van der Waals surface area contributed by atoms with Crippen LogP contribution in [0.15, 0.2) is 66.7 Å². The summed E-state index contributed by atoms with van der Waals surface area (Å²) in [6, 6.07) is 17.2. The molecule has 2 N–H and O–H groups in total. The molecule has 1 amide bonds. The molecule has 0 radical (unpaired) electrons. The lowest BCUT2D eigenvalue weighted by Crippen LogP contribution is -2.48. The smallest absolute Gasteiger partial charge is 0.240 e. The lowest BCUT2D eigenvalue weighted by atomic mass is 10.0. The highest BCUT2D eigenvalue weighted by Gasteiger charge is 2.37. The van der Waals surface area contributed by atoms with E-state index in [9.17, 15) is 4.79 Å². The van der Waals surface area contributed by atoms with Gasteiger partial charge in [-0.1, -0.05) is 63.2 Å². The average Bonchev–Trinajstić information content (AvgIpc) is 3.18. The van der Waals surface area contributed by atoms with E-state index in [-0.39, 0.29) is 24.0 Å². The Morgan fingerprint density at radius 3 is 2.58 bits per heavy atom. The number of nitrogens with two attached hydrogens (primary N) is 1. The molecule has 0 saturated carbocycles. The fraction of sp³-hybridized carbons (Fsp3) is 0.423. The zero-order valence-electron chi connectivity index (χ0n) is 18.7. The number of amides is 1. The number of rotatable bonds is 9. The van der Waals surface area contributed by atoms with Crippen LogP contribution >= 0.6 is 0 Å². The summed E-state index contributed by atoms with van der Waals surface area (Å²) < 4.78 is 12.1. The average molecular weight is 423 g/mol. The van der Waals surface area contributed by atoms with Crippen LogP contribution < -0.4 is 15.2 Å². The van der Waals surface area contributed by atoms with Crippen molar-refractivity contribution in [3.8, 4) is 11.5 Å². The van der Waals surface area contributed by atoms with Crippen LogP contribution in [0.2, 0.25) is 0 Å². The van der Waals surface area contributed by atoms with Crippen LogP contribution in [0.1, 0.15) is 32.8 Å². The molecule has 1 aliphatic heterocycles. The van der Waals surface area contributed by atoms with E-state index in [1.54, 1.807) is 0 Å². The molecule has 0 spiro atoms. The van der Waals surface area contributed by atoms with E-state index in [0.29, 0.717) is 13.2 Å². The number of carbonyl (C=O) groups excluding carboxylic acids is 1. The van der Waals surface area contributed by atoms with Crippen LogP contribution in [0.3, 0.4) is 0 Å². The van der Waals surface area contributed by atoms with Crippen molar-refractivity contribution in [1.82, 2.24) is 4.90 Å². The van der Waals surface area contributed by atoms with Crippen molar-refractivity contribution in [2.24, 2.45) is 11.7 Å². The summed E-state index contributed by atoms with van der Waals surface area (Å²) in [6.45, 7) is 7.05. The predicted octanol–water partition coefficient (Wildman–Crippen LogP) is 4.22. The number of carbonyl (C=O) groups is 1. The van der Waals surface area contributed by atoms with Crippen molar-refractivity contribution < 1.29 is 14.3 Å². The predicted molar refractivity (Wildman–Crippen MR) is 124 cm³/mol. The molecule has 166 valence electrons. The summed E-state index contributed by atoms with van der Waals surface area (Å²) in [6.07, 6.45) is 5.63. The van der Waals surface area contributed by atoms with Gasteiger partial charge in [0.15, 0.2) is 0 Å². The molecule has 0 aromatic heterocycles. The summed E-state index contributed by atoms with van der Waals surface area (Å²) in [5, 5.41) is 0. The lowest BCUT2D eigenvalue weighted by molar-refractivity contribution is -0.133. The molecular formula is C26H34N2O3. The van der Waals surface area contributed by atoms with Gasteiger partial charge in [-0.05, 0) is 42.2 Å². The summed E-state index contributed by atoms with van der Waals surface area (Å²) >= 11 is 0. The number of para-hydroxylation sites is 2. The molecule has 1 heterocycles. The maximum Gasteiger partial charge on any atom is 0.240 e. The summed E-state index contributed by atoms with van der Waals surface area (Å²) in [4.78, 5) is 14.9. The molecule has 0 unspecified atom stereocenters. The first-order valence-electron chi connectivity index (χ1n) is 11.1. The van der Waals surface area contributed by atoms with Gasteiger partial charge in [0, 0.05) is 6.42 Å². The Kier molecular flexibility index (Phi) is 8.13. The van der Waals surface area contributed by atoms with E-state index >= 15 is 0 Å². The monoisotopic (exact) mass is 422 g/mol. The third-order valence-corrected chi connectivity index (χ3v) is 5.68. The Morgan fingerprint density at radius 2 is 1.87 bits per heavy atom. The van der Waals surface area contributed by atoms with E-state index in [1.807, 2.05) is 79.4 Å². The summed E-state index contributed by atoms with van der Waals surface area (Å²) in [7, 11) is 0. The van der Waals surface area contributed by atoms with Gasteiger partial charge in [-0.15, -0.1) is 0 Å². The topological polar surface area (TPSA) is 64.8 Å². The SMILES string of the molecule is CCc1ccccc1OCC=C[C@@H]1C[C@H](Oc2ccccc2)CN1C(=O)[C@@H](N)C(C)C. The minimum Gasteiger partial charge on any atom is -0.489 e. The minimum absolute atomic E-state index is 0.0268. The van der Waals surface area contributed by atoms with Crippen LogP contribution in [-0.4, -0.2) is 42.1 Å². The van der Waals surface area contributed by atoms with Gasteiger partial charge in [-0.2, -0.15) is 0 Å². The number of ether oxygens (including phenoxy) is 2. The molecule has 31 heavy (non-hydrogen) atoms. The second-order valence-corrected chi connectivity index (χ2v) is 8.32. The molecule has 1 fully saturated rings. The van der Waals surface area contributed by atoms with Crippen LogP contribution in [0, 0.1) is 5.92 Å². The zero-order valence-corrected chi connectivity index (χ0v) is 18.7. The molecule has 5 heteroatoms. The van der Waals surface area contributed by atoms with Crippen molar-refractivity contribution in [3.63, 3.8) is 0 Å². The van der Waals surface area contributed by atoms with Crippen LogP contribution in [0.4, 0.5) is 0 Å². The van der Waals surface area contributed by atoms with Crippen LogP contribution in [0.5, 0.6) is 11.5 Å². The Labute approximate surface area is 185 Å². The maximum atomic E-state index is 13.0. The van der Waals surface area contributed by atoms with Crippen LogP contribution in [0.25, 0.3) is 0 Å². The van der Waals surface area contributed by atoms with Crippen molar-refractivity contribution >= 4 is 5.91 Å². The molecule has 3 atom stereocenters. The van der Waals surface area contributed by atoms with Crippen molar-refractivity contribution in [2.45, 2.75) is 51.8 Å². The third-order valence-electron chi connectivity index (χ3n) is 5.68. The number of benzene rings is 2. The molecule has 2 aromatic carbocycles. The Balaban J connectivity index is 1.66. The number of hydrogen-bond donors (Lipinski definition) is 1. The highest BCUT2D eigenvalue weighted by molar-refractivity contribution is 5.82. The van der Waals surface area contributed by atoms with E-state index in [1.165, 1.54) is 5.56 Å². The van der Waals surface area contributed by atoms with Gasteiger partial charge in [0.2, 0.25) is 5.91 Å². The van der Waals surface area contributed by atoms with E-state index in [4.69, 9.17) is 15.2 Å². The largest absolute Gasteiger partial charge is 0.489 e. The first-order chi connectivity index (χ1) is 15.0. The Hall–Kier alpha value is -2.79. The van der Waals surface area contributed by atoms with Gasteiger partial charge < -0.3 is 20.1 Å². The van der Waals surface area contributed by atoms with Crippen molar-refractivity contribution in [1.29, 1.82) is 0 Å². The van der Waals surface area contributed by atoms with E-state index in [2.05, 4.69) is 13.0 Å². The van der Waals surface area contributed by atoms with Gasteiger partial charge in [0.05, 0.1) is 18.6 Å². The maximum absolute atomic E-state index is 13.0. The number of likely N-dealkylation sites (tertiary alicyclic amines) is 1. The highest BCUT2D eigenvalue weighted by Crippen LogP contribution is 2.25.